The molecule has 0 unspecified atom stereocenters. The van der Waals surface area contributed by atoms with Gasteiger partial charge in [-0.2, -0.15) is 0 Å². The van der Waals surface area contributed by atoms with E-state index in [1.54, 1.807) is 6.20 Å². The number of carbonyl (C=O) groups is 1. The topological polar surface area (TPSA) is 63.7 Å². The number of ether oxygens (including phenoxy) is 2. The van der Waals surface area contributed by atoms with Crippen LogP contribution in [-0.4, -0.2) is 37.3 Å². The fraction of sp³-hybridized carbons (Fsp3) is 0.455. The second-order valence-electron chi connectivity index (χ2n) is 8.06. The van der Waals surface area contributed by atoms with E-state index in [1.807, 2.05) is 30.3 Å². The summed E-state index contributed by atoms with van der Waals surface area (Å²) in [6.07, 6.45) is 5.30. The van der Waals surface area contributed by atoms with Crippen LogP contribution < -0.4 is 19.7 Å². The van der Waals surface area contributed by atoms with E-state index < -0.39 is 0 Å². The lowest BCUT2D eigenvalue weighted by molar-refractivity contribution is 0.0945. The first kappa shape index (κ1) is 18.6. The SMILES string of the molecule is CC(C)(CNC(=O)c1cccnc1N1CCCCC1)c1ccc2c(c1)OCO2. The Bertz CT molecular complexity index is 860. The summed E-state index contributed by atoms with van der Waals surface area (Å²) < 4.78 is 10.9. The molecule has 3 heterocycles. The third kappa shape index (κ3) is 3.77. The predicted molar refractivity (Wildman–Crippen MR) is 108 cm³/mol. The van der Waals surface area contributed by atoms with Crippen LogP contribution in [0.25, 0.3) is 0 Å². The van der Waals surface area contributed by atoms with E-state index >= 15 is 0 Å². The molecule has 2 aliphatic rings. The summed E-state index contributed by atoms with van der Waals surface area (Å²) >= 11 is 0. The number of hydrogen-bond donors (Lipinski definition) is 1. The van der Waals surface area contributed by atoms with Gasteiger partial charge >= 0.3 is 0 Å². The average Bonchev–Trinajstić information content (AvgIpc) is 3.21. The molecule has 0 spiro atoms. The summed E-state index contributed by atoms with van der Waals surface area (Å²) in [5.74, 6) is 2.24. The summed E-state index contributed by atoms with van der Waals surface area (Å²) in [7, 11) is 0. The highest BCUT2D eigenvalue weighted by atomic mass is 16.7. The zero-order chi connectivity index (χ0) is 19.6. The van der Waals surface area contributed by atoms with Crippen molar-refractivity contribution in [3.8, 4) is 11.5 Å². The number of piperidine rings is 1. The Morgan fingerprint density at radius 3 is 2.75 bits per heavy atom. The first-order chi connectivity index (χ1) is 13.5. The van der Waals surface area contributed by atoms with Crippen LogP contribution in [-0.2, 0) is 5.41 Å². The van der Waals surface area contributed by atoms with Gasteiger partial charge in [-0.3, -0.25) is 4.79 Å². The monoisotopic (exact) mass is 381 g/mol. The number of rotatable bonds is 5. The van der Waals surface area contributed by atoms with Crippen molar-refractivity contribution in [2.24, 2.45) is 0 Å². The van der Waals surface area contributed by atoms with Crippen molar-refractivity contribution >= 4 is 11.7 Å². The van der Waals surface area contributed by atoms with Gasteiger partial charge in [-0.25, -0.2) is 4.98 Å². The Kier molecular flexibility index (Phi) is 5.11. The summed E-state index contributed by atoms with van der Waals surface area (Å²) in [6.45, 7) is 6.91. The highest BCUT2D eigenvalue weighted by molar-refractivity contribution is 5.99. The van der Waals surface area contributed by atoms with E-state index in [2.05, 4.69) is 29.0 Å². The van der Waals surface area contributed by atoms with Crippen LogP contribution in [0, 0.1) is 0 Å². The van der Waals surface area contributed by atoms with E-state index in [-0.39, 0.29) is 18.1 Å². The second kappa shape index (κ2) is 7.70. The fourth-order valence-electron chi connectivity index (χ4n) is 3.75. The van der Waals surface area contributed by atoms with Crippen molar-refractivity contribution in [3.63, 3.8) is 0 Å². The summed E-state index contributed by atoms with van der Waals surface area (Å²) in [4.78, 5) is 19.7. The Hall–Kier alpha value is -2.76. The molecule has 0 atom stereocenters. The first-order valence-corrected chi connectivity index (χ1v) is 9.93. The Labute approximate surface area is 165 Å². The first-order valence-electron chi connectivity index (χ1n) is 9.93. The zero-order valence-corrected chi connectivity index (χ0v) is 16.5. The summed E-state index contributed by atoms with van der Waals surface area (Å²) in [5.41, 5.74) is 1.50. The van der Waals surface area contributed by atoms with Crippen LogP contribution in [0.5, 0.6) is 11.5 Å². The van der Waals surface area contributed by atoms with Gasteiger partial charge in [0.25, 0.3) is 5.91 Å². The number of carbonyl (C=O) groups excluding carboxylic acids is 1. The molecule has 1 aromatic carbocycles. The molecule has 1 aromatic heterocycles. The van der Waals surface area contributed by atoms with E-state index in [0.29, 0.717) is 12.1 Å². The molecule has 0 bridgehead atoms. The van der Waals surface area contributed by atoms with Gasteiger partial charge in [-0.05, 0) is 49.1 Å². The molecule has 0 radical (unpaired) electrons. The molecule has 0 saturated carbocycles. The lowest BCUT2D eigenvalue weighted by atomic mass is 9.84. The van der Waals surface area contributed by atoms with Crippen LogP contribution in [0.4, 0.5) is 5.82 Å². The van der Waals surface area contributed by atoms with Crippen LogP contribution in [0.1, 0.15) is 49.0 Å². The third-order valence-electron chi connectivity index (χ3n) is 5.53. The maximum Gasteiger partial charge on any atom is 0.255 e. The van der Waals surface area contributed by atoms with E-state index in [9.17, 15) is 4.79 Å². The minimum atomic E-state index is -0.246. The molecule has 1 N–H and O–H groups in total. The van der Waals surface area contributed by atoms with Gasteiger partial charge in [0, 0.05) is 31.2 Å². The molecule has 1 amide bonds. The van der Waals surface area contributed by atoms with Crippen LogP contribution in [0.3, 0.4) is 0 Å². The number of anilines is 1. The minimum absolute atomic E-state index is 0.0810. The Morgan fingerprint density at radius 2 is 1.93 bits per heavy atom. The highest BCUT2D eigenvalue weighted by Crippen LogP contribution is 2.36. The molecular formula is C22H27N3O3. The van der Waals surface area contributed by atoms with Crippen molar-refractivity contribution in [3.05, 3.63) is 47.7 Å². The number of aromatic nitrogens is 1. The third-order valence-corrected chi connectivity index (χ3v) is 5.53. The number of pyridine rings is 1. The smallest absolute Gasteiger partial charge is 0.255 e. The number of fused-ring (bicyclic) bond motifs is 1. The summed E-state index contributed by atoms with van der Waals surface area (Å²) in [5, 5.41) is 3.11. The second-order valence-corrected chi connectivity index (χ2v) is 8.06. The van der Waals surface area contributed by atoms with Crippen molar-refractivity contribution in [2.75, 3.05) is 31.3 Å². The Morgan fingerprint density at radius 1 is 1.14 bits per heavy atom. The van der Waals surface area contributed by atoms with Crippen LogP contribution >= 0.6 is 0 Å². The van der Waals surface area contributed by atoms with Gasteiger partial charge in [0.05, 0.1) is 5.56 Å². The molecule has 1 fully saturated rings. The molecule has 4 rings (SSSR count). The molecule has 6 nitrogen and oxygen atoms in total. The van der Waals surface area contributed by atoms with Crippen LogP contribution in [0.2, 0.25) is 0 Å². The molecule has 148 valence electrons. The Balaban J connectivity index is 1.47. The van der Waals surface area contributed by atoms with Crippen LogP contribution in [0.15, 0.2) is 36.5 Å². The standard InChI is InChI=1S/C22H27N3O3/c1-22(2,16-8-9-18-19(13-16)28-15-27-18)14-24-21(26)17-7-6-10-23-20(17)25-11-4-3-5-12-25/h6-10,13H,3-5,11-12,14-15H2,1-2H3,(H,24,26). The average molecular weight is 381 g/mol. The van der Waals surface area contributed by atoms with Gasteiger partial charge in [-0.1, -0.05) is 19.9 Å². The number of nitrogens with one attached hydrogen (secondary N) is 1. The van der Waals surface area contributed by atoms with Gasteiger partial charge in [0.15, 0.2) is 11.5 Å². The number of nitrogens with zero attached hydrogens (tertiary/aromatic N) is 2. The van der Waals surface area contributed by atoms with Crippen molar-refractivity contribution in [1.82, 2.24) is 10.3 Å². The lowest BCUT2D eigenvalue weighted by Crippen LogP contribution is -2.38. The van der Waals surface area contributed by atoms with Gasteiger partial charge in [0.1, 0.15) is 5.82 Å². The minimum Gasteiger partial charge on any atom is -0.454 e. The molecule has 1 saturated heterocycles. The van der Waals surface area contributed by atoms with Crippen molar-refractivity contribution in [1.29, 1.82) is 0 Å². The molecule has 2 aromatic rings. The molecule has 0 aliphatic carbocycles. The number of amides is 1. The lowest BCUT2D eigenvalue weighted by Gasteiger charge is -2.30. The molecule has 2 aliphatic heterocycles. The van der Waals surface area contributed by atoms with Gasteiger partial charge < -0.3 is 19.7 Å². The fourth-order valence-corrected chi connectivity index (χ4v) is 3.75. The largest absolute Gasteiger partial charge is 0.454 e. The van der Waals surface area contributed by atoms with E-state index in [1.165, 1.54) is 6.42 Å². The highest BCUT2D eigenvalue weighted by Gasteiger charge is 2.26. The predicted octanol–water partition coefficient (Wildman–Crippen LogP) is 3.51. The van der Waals surface area contributed by atoms with Crippen molar-refractivity contribution in [2.45, 2.75) is 38.5 Å². The van der Waals surface area contributed by atoms with Gasteiger partial charge in [0.2, 0.25) is 6.79 Å². The molecular weight excluding hydrogens is 354 g/mol. The maximum absolute atomic E-state index is 13.0. The quantitative estimate of drug-likeness (QED) is 0.859. The maximum atomic E-state index is 13.0. The van der Waals surface area contributed by atoms with Gasteiger partial charge in [-0.15, -0.1) is 0 Å². The zero-order valence-electron chi connectivity index (χ0n) is 16.5. The molecule has 28 heavy (non-hydrogen) atoms. The number of benzene rings is 1. The van der Waals surface area contributed by atoms with E-state index in [4.69, 9.17) is 9.47 Å². The van der Waals surface area contributed by atoms with E-state index in [0.717, 1.165) is 48.8 Å². The number of hydrogen-bond acceptors (Lipinski definition) is 5. The van der Waals surface area contributed by atoms with Crippen molar-refractivity contribution < 1.29 is 14.3 Å². The molecule has 6 heteroatoms. The normalized spacial score (nSPS) is 16.1. The summed E-state index contributed by atoms with van der Waals surface area (Å²) in [6, 6.07) is 9.64.